The van der Waals surface area contributed by atoms with E-state index in [4.69, 9.17) is 21.6 Å². The van der Waals surface area contributed by atoms with Crippen molar-refractivity contribution < 1.29 is 14.6 Å². The number of methoxy groups -OCH3 is 1. The topological polar surface area (TPSA) is 70.3 Å². The molecule has 5 heteroatoms. The van der Waals surface area contributed by atoms with E-state index in [0.717, 1.165) is 0 Å². The van der Waals surface area contributed by atoms with Crippen LogP contribution >= 0.6 is 11.6 Å². The molecule has 0 aromatic heterocycles. The van der Waals surface area contributed by atoms with Gasteiger partial charge in [-0.15, -0.1) is 11.6 Å². The summed E-state index contributed by atoms with van der Waals surface area (Å²) in [6, 6.07) is 4.39. The van der Waals surface area contributed by atoms with Gasteiger partial charge in [-0.25, -0.2) is 0 Å². The average molecular weight is 226 g/mol. The third-order valence-corrected chi connectivity index (χ3v) is 2.10. The summed E-state index contributed by atoms with van der Waals surface area (Å²) >= 11 is 5.38. The van der Waals surface area contributed by atoms with E-state index in [1.54, 1.807) is 6.07 Å². The molecular weight excluding hydrogens is 218 g/mol. The van der Waals surface area contributed by atoms with Crippen LogP contribution in [0.3, 0.4) is 0 Å². The van der Waals surface area contributed by atoms with Crippen molar-refractivity contribution in [2.45, 2.75) is 0 Å². The molecule has 0 aliphatic rings. The van der Waals surface area contributed by atoms with Gasteiger partial charge in [0, 0.05) is 5.56 Å². The molecule has 0 radical (unpaired) electrons. The number of nitriles is 1. The lowest BCUT2D eigenvalue weighted by atomic mass is 10.1. The predicted molar refractivity (Wildman–Crippen MR) is 54.4 cm³/mol. The number of benzene rings is 1. The Hall–Kier alpha value is -1.73. The summed E-state index contributed by atoms with van der Waals surface area (Å²) in [7, 11) is 1.34. The van der Waals surface area contributed by atoms with E-state index >= 15 is 0 Å². The van der Waals surface area contributed by atoms with Gasteiger partial charge in [0.1, 0.15) is 6.07 Å². The quantitative estimate of drug-likeness (QED) is 0.628. The SMILES string of the molecule is COc1cc(C(=O)CCl)cc(C#N)c1O. The molecular formula is C10H8ClNO3. The number of rotatable bonds is 3. The minimum absolute atomic E-state index is 0.0113. The predicted octanol–water partition coefficient (Wildman–Crippen LogP) is 1.69. The van der Waals surface area contributed by atoms with Crippen LogP contribution < -0.4 is 4.74 Å². The minimum Gasteiger partial charge on any atom is -0.503 e. The van der Waals surface area contributed by atoms with Crippen LogP contribution in [-0.2, 0) is 0 Å². The van der Waals surface area contributed by atoms with E-state index in [1.807, 2.05) is 0 Å². The van der Waals surface area contributed by atoms with Crippen LogP contribution in [0.5, 0.6) is 11.5 Å². The molecule has 0 saturated carbocycles. The Balaban J connectivity index is 3.34. The largest absolute Gasteiger partial charge is 0.503 e. The van der Waals surface area contributed by atoms with Gasteiger partial charge in [-0.05, 0) is 12.1 Å². The van der Waals surface area contributed by atoms with Crippen LogP contribution in [0.25, 0.3) is 0 Å². The van der Waals surface area contributed by atoms with E-state index in [-0.39, 0.29) is 34.3 Å². The lowest BCUT2D eigenvalue weighted by Crippen LogP contribution is -2.01. The maximum absolute atomic E-state index is 11.3. The van der Waals surface area contributed by atoms with Crippen molar-refractivity contribution in [1.82, 2.24) is 0 Å². The fourth-order valence-corrected chi connectivity index (χ4v) is 1.24. The summed E-state index contributed by atoms with van der Waals surface area (Å²) in [5.41, 5.74) is 0.235. The smallest absolute Gasteiger partial charge is 0.177 e. The van der Waals surface area contributed by atoms with Crippen LogP contribution in [-0.4, -0.2) is 23.9 Å². The normalized spacial score (nSPS) is 9.40. The van der Waals surface area contributed by atoms with Gasteiger partial charge in [0.2, 0.25) is 0 Å². The number of hydrogen-bond donors (Lipinski definition) is 1. The molecule has 1 N–H and O–H groups in total. The first-order valence-electron chi connectivity index (χ1n) is 4.04. The zero-order chi connectivity index (χ0) is 11.4. The summed E-state index contributed by atoms with van der Waals surface area (Å²) in [4.78, 5) is 11.3. The summed E-state index contributed by atoms with van der Waals surface area (Å²) < 4.78 is 4.83. The maximum atomic E-state index is 11.3. The third-order valence-electron chi connectivity index (χ3n) is 1.86. The maximum Gasteiger partial charge on any atom is 0.177 e. The van der Waals surface area contributed by atoms with Crippen LogP contribution in [0.1, 0.15) is 15.9 Å². The number of hydrogen-bond acceptors (Lipinski definition) is 4. The Bertz CT molecular complexity index is 437. The van der Waals surface area contributed by atoms with E-state index < -0.39 is 0 Å². The van der Waals surface area contributed by atoms with Gasteiger partial charge >= 0.3 is 0 Å². The van der Waals surface area contributed by atoms with Gasteiger partial charge in [0.25, 0.3) is 0 Å². The number of phenols is 1. The number of ketones is 1. The Kier molecular flexibility index (Phi) is 3.53. The van der Waals surface area contributed by atoms with Crippen LogP contribution in [0, 0.1) is 11.3 Å². The van der Waals surface area contributed by atoms with Crippen molar-refractivity contribution >= 4 is 17.4 Å². The third kappa shape index (κ3) is 2.20. The lowest BCUT2D eigenvalue weighted by Gasteiger charge is -2.06. The number of carbonyl (C=O) groups is 1. The van der Waals surface area contributed by atoms with E-state index in [2.05, 4.69) is 0 Å². The first-order valence-corrected chi connectivity index (χ1v) is 4.57. The molecule has 1 aromatic carbocycles. The molecule has 0 saturated heterocycles. The molecule has 0 unspecified atom stereocenters. The highest BCUT2D eigenvalue weighted by Gasteiger charge is 2.13. The highest BCUT2D eigenvalue weighted by atomic mass is 35.5. The fraction of sp³-hybridized carbons (Fsp3) is 0.200. The number of ether oxygens (including phenoxy) is 1. The van der Waals surface area contributed by atoms with Gasteiger partial charge in [0.05, 0.1) is 18.6 Å². The number of phenolic OH excluding ortho intramolecular Hbond substituents is 1. The van der Waals surface area contributed by atoms with Crippen molar-refractivity contribution in [2.24, 2.45) is 0 Å². The molecule has 78 valence electrons. The molecule has 0 spiro atoms. The second-order valence-corrected chi connectivity index (χ2v) is 3.01. The first kappa shape index (κ1) is 11.3. The average Bonchev–Trinajstić information content (AvgIpc) is 2.28. The summed E-state index contributed by atoms with van der Waals surface area (Å²) in [5, 5.41) is 18.2. The van der Waals surface area contributed by atoms with Gasteiger partial charge < -0.3 is 9.84 Å². The monoisotopic (exact) mass is 225 g/mol. The Morgan fingerprint density at radius 2 is 2.33 bits per heavy atom. The molecule has 0 bridgehead atoms. The zero-order valence-corrected chi connectivity index (χ0v) is 8.71. The number of Topliss-reactive ketones (excluding diaryl/α,β-unsaturated/α-hetero) is 1. The van der Waals surface area contributed by atoms with Gasteiger partial charge in [-0.1, -0.05) is 0 Å². The zero-order valence-electron chi connectivity index (χ0n) is 7.95. The molecule has 0 atom stereocenters. The van der Waals surface area contributed by atoms with Crippen molar-refractivity contribution in [3.8, 4) is 17.6 Å². The summed E-state index contributed by atoms with van der Waals surface area (Å²) in [6.45, 7) is 0. The van der Waals surface area contributed by atoms with Crippen molar-refractivity contribution in [3.05, 3.63) is 23.3 Å². The highest BCUT2D eigenvalue weighted by molar-refractivity contribution is 6.30. The number of carbonyl (C=O) groups excluding carboxylic acids is 1. The van der Waals surface area contributed by atoms with E-state index in [1.165, 1.54) is 19.2 Å². The minimum atomic E-state index is -0.327. The Morgan fingerprint density at radius 3 is 2.80 bits per heavy atom. The second kappa shape index (κ2) is 4.67. The summed E-state index contributed by atoms with van der Waals surface area (Å²) in [6.07, 6.45) is 0. The van der Waals surface area contributed by atoms with Crippen LogP contribution in [0.15, 0.2) is 12.1 Å². The molecule has 4 nitrogen and oxygen atoms in total. The first-order chi connectivity index (χ1) is 7.13. The number of aromatic hydroxyl groups is 1. The molecule has 0 aliphatic carbocycles. The second-order valence-electron chi connectivity index (χ2n) is 2.74. The number of alkyl halides is 1. The number of halogens is 1. The van der Waals surface area contributed by atoms with Crippen molar-refractivity contribution in [1.29, 1.82) is 5.26 Å². The lowest BCUT2D eigenvalue weighted by molar-refractivity contribution is 0.102. The van der Waals surface area contributed by atoms with Crippen LogP contribution in [0.2, 0.25) is 0 Å². The van der Waals surface area contributed by atoms with Gasteiger partial charge in [0.15, 0.2) is 17.3 Å². The molecule has 0 amide bonds. The standard InChI is InChI=1S/C10H8ClNO3/c1-15-9-3-6(8(13)4-11)2-7(5-12)10(9)14/h2-3,14H,4H2,1H3. The van der Waals surface area contributed by atoms with Crippen LogP contribution in [0.4, 0.5) is 0 Å². The van der Waals surface area contributed by atoms with Crippen molar-refractivity contribution in [2.75, 3.05) is 13.0 Å². The molecule has 0 fully saturated rings. The van der Waals surface area contributed by atoms with Gasteiger partial charge in [-0.3, -0.25) is 4.79 Å². The molecule has 1 aromatic rings. The van der Waals surface area contributed by atoms with Crippen molar-refractivity contribution in [3.63, 3.8) is 0 Å². The summed E-state index contributed by atoms with van der Waals surface area (Å²) in [5.74, 6) is -0.696. The Labute approximate surface area is 91.7 Å². The highest BCUT2D eigenvalue weighted by Crippen LogP contribution is 2.31. The molecule has 0 heterocycles. The van der Waals surface area contributed by atoms with E-state index in [9.17, 15) is 9.90 Å². The molecule has 1 rings (SSSR count). The molecule has 15 heavy (non-hydrogen) atoms. The number of nitrogens with zero attached hydrogens (tertiary/aromatic N) is 1. The fourth-order valence-electron chi connectivity index (χ4n) is 1.09. The Morgan fingerprint density at radius 1 is 1.67 bits per heavy atom. The van der Waals surface area contributed by atoms with Gasteiger partial charge in [-0.2, -0.15) is 5.26 Å². The van der Waals surface area contributed by atoms with E-state index in [0.29, 0.717) is 0 Å². The molecule has 0 aliphatic heterocycles.